The van der Waals surface area contributed by atoms with Gasteiger partial charge in [-0.1, -0.05) is 38.1 Å². The van der Waals surface area contributed by atoms with Crippen molar-refractivity contribution < 1.29 is 4.79 Å². The van der Waals surface area contributed by atoms with Gasteiger partial charge >= 0.3 is 0 Å². The molecule has 20 heavy (non-hydrogen) atoms. The lowest BCUT2D eigenvalue weighted by Gasteiger charge is -2.21. The van der Waals surface area contributed by atoms with Gasteiger partial charge in [-0.25, -0.2) is 0 Å². The summed E-state index contributed by atoms with van der Waals surface area (Å²) in [5, 5.41) is 7.22. The quantitative estimate of drug-likeness (QED) is 0.901. The lowest BCUT2D eigenvalue weighted by molar-refractivity contribution is 0.0963. The first-order valence-electron chi connectivity index (χ1n) is 7.23. The molecule has 1 N–H and O–H groups in total. The van der Waals surface area contributed by atoms with Crippen LogP contribution in [0.2, 0.25) is 0 Å². The minimum Gasteiger partial charge on any atom is -0.294 e. The van der Waals surface area contributed by atoms with E-state index >= 15 is 0 Å². The number of benzene rings is 1. The summed E-state index contributed by atoms with van der Waals surface area (Å²) in [5.74, 6) is 1.02. The molecule has 1 aliphatic rings. The van der Waals surface area contributed by atoms with Crippen molar-refractivity contribution in [3.63, 3.8) is 0 Å². The summed E-state index contributed by atoms with van der Waals surface area (Å²) in [4.78, 5) is 12.3. The number of hydrogen-bond donors (Lipinski definition) is 1. The van der Waals surface area contributed by atoms with E-state index in [2.05, 4.69) is 48.3 Å². The fourth-order valence-electron chi connectivity index (χ4n) is 3.02. The second kappa shape index (κ2) is 4.89. The minimum absolute atomic E-state index is 0.218. The van der Waals surface area contributed by atoms with Crippen LogP contribution >= 0.6 is 0 Å². The molecule has 0 saturated carbocycles. The predicted octanol–water partition coefficient (Wildman–Crippen LogP) is 3.75. The van der Waals surface area contributed by atoms with E-state index < -0.39 is 0 Å². The van der Waals surface area contributed by atoms with Crippen LogP contribution in [-0.4, -0.2) is 16.0 Å². The van der Waals surface area contributed by atoms with E-state index in [4.69, 9.17) is 0 Å². The van der Waals surface area contributed by atoms with Crippen LogP contribution in [0, 0.1) is 6.92 Å². The number of aromatic amines is 1. The first kappa shape index (κ1) is 13.1. The monoisotopic (exact) mass is 268 g/mol. The summed E-state index contributed by atoms with van der Waals surface area (Å²) in [6.45, 7) is 6.30. The third-order valence-corrected chi connectivity index (χ3v) is 4.25. The number of ketones is 1. The van der Waals surface area contributed by atoms with E-state index in [-0.39, 0.29) is 11.7 Å². The lowest BCUT2D eigenvalue weighted by Crippen LogP contribution is -2.18. The topological polar surface area (TPSA) is 45.8 Å². The van der Waals surface area contributed by atoms with Crippen LogP contribution in [0.3, 0.4) is 0 Å². The highest BCUT2D eigenvalue weighted by Gasteiger charge is 2.29. The van der Waals surface area contributed by atoms with Gasteiger partial charge in [0.05, 0.1) is 11.3 Å². The normalized spacial score (nSPS) is 18.4. The molecule has 1 aliphatic carbocycles. The minimum atomic E-state index is 0.218. The molecule has 1 heterocycles. The summed E-state index contributed by atoms with van der Waals surface area (Å²) in [6, 6.07) is 8.68. The third kappa shape index (κ3) is 2.17. The molecule has 0 unspecified atom stereocenters. The Labute approximate surface area is 119 Å². The molecule has 0 fully saturated rings. The van der Waals surface area contributed by atoms with Crippen LogP contribution in [0.4, 0.5) is 0 Å². The first-order chi connectivity index (χ1) is 9.56. The Morgan fingerprint density at radius 3 is 2.55 bits per heavy atom. The Bertz CT molecular complexity index is 638. The second-order valence-corrected chi connectivity index (χ2v) is 6.02. The van der Waals surface area contributed by atoms with E-state index in [0.29, 0.717) is 12.3 Å². The summed E-state index contributed by atoms with van der Waals surface area (Å²) in [7, 11) is 0. The van der Waals surface area contributed by atoms with Crippen molar-refractivity contribution in [3.8, 4) is 0 Å². The number of fused-ring (bicyclic) bond motifs is 1. The molecule has 1 aromatic carbocycles. The number of carbonyl (C=O) groups excluding carboxylic acids is 1. The molecule has 3 nitrogen and oxygen atoms in total. The van der Waals surface area contributed by atoms with Crippen molar-refractivity contribution in [2.24, 2.45) is 0 Å². The average molecular weight is 268 g/mol. The van der Waals surface area contributed by atoms with Crippen molar-refractivity contribution in [1.29, 1.82) is 0 Å². The number of H-pyrrole nitrogens is 1. The van der Waals surface area contributed by atoms with Crippen molar-refractivity contribution in [3.05, 3.63) is 52.3 Å². The van der Waals surface area contributed by atoms with Gasteiger partial charge in [0.25, 0.3) is 0 Å². The third-order valence-electron chi connectivity index (χ3n) is 4.25. The van der Waals surface area contributed by atoms with Crippen molar-refractivity contribution >= 4 is 5.78 Å². The van der Waals surface area contributed by atoms with E-state index in [1.165, 1.54) is 11.1 Å². The summed E-state index contributed by atoms with van der Waals surface area (Å²) < 4.78 is 0. The number of aromatic nitrogens is 2. The van der Waals surface area contributed by atoms with Gasteiger partial charge in [0, 0.05) is 12.1 Å². The molecular weight excluding hydrogens is 248 g/mol. The van der Waals surface area contributed by atoms with Gasteiger partial charge in [-0.2, -0.15) is 5.10 Å². The molecule has 0 spiro atoms. The maximum atomic E-state index is 12.3. The van der Waals surface area contributed by atoms with E-state index in [1.807, 2.05) is 6.92 Å². The molecule has 1 atom stereocenters. The number of carbonyl (C=O) groups is 1. The number of aryl methyl sites for hydroxylation is 1. The Kier molecular flexibility index (Phi) is 3.20. The number of nitrogens with zero attached hydrogens (tertiary/aromatic N) is 1. The molecule has 0 bridgehead atoms. The highest BCUT2D eigenvalue weighted by molar-refractivity contribution is 5.99. The molecule has 104 valence electrons. The maximum absolute atomic E-state index is 12.3. The van der Waals surface area contributed by atoms with E-state index in [1.54, 1.807) is 0 Å². The predicted molar refractivity (Wildman–Crippen MR) is 79.2 cm³/mol. The van der Waals surface area contributed by atoms with Gasteiger partial charge in [0.15, 0.2) is 5.78 Å². The Hall–Kier alpha value is -1.90. The van der Waals surface area contributed by atoms with Gasteiger partial charge in [0.1, 0.15) is 0 Å². The summed E-state index contributed by atoms with van der Waals surface area (Å²) >= 11 is 0. The van der Waals surface area contributed by atoms with Crippen LogP contribution in [0.5, 0.6) is 0 Å². The molecular formula is C17H20N2O. The smallest absolute Gasteiger partial charge is 0.167 e. The Morgan fingerprint density at radius 1 is 1.20 bits per heavy atom. The van der Waals surface area contributed by atoms with Gasteiger partial charge in [0.2, 0.25) is 0 Å². The summed E-state index contributed by atoms with van der Waals surface area (Å²) in [5.41, 5.74) is 5.23. The van der Waals surface area contributed by atoms with Crippen molar-refractivity contribution in [2.75, 3.05) is 0 Å². The Balaban J connectivity index is 1.88. The van der Waals surface area contributed by atoms with Crippen LogP contribution in [0.15, 0.2) is 24.3 Å². The SMILES string of the molecule is Cc1[nH]nc2c1C(=O)C[C@@H](c1ccc(C(C)C)cc1)C2. The van der Waals surface area contributed by atoms with Crippen molar-refractivity contribution in [2.45, 2.75) is 45.4 Å². The number of hydrogen-bond acceptors (Lipinski definition) is 2. The molecule has 1 aromatic heterocycles. The van der Waals surface area contributed by atoms with Crippen LogP contribution in [0.1, 0.15) is 65.0 Å². The first-order valence-corrected chi connectivity index (χ1v) is 7.23. The number of Topliss-reactive ketones (excluding diaryl/α,β-unsaturated/α-hetero) is 1. The van der Waals surface area contributed by atoms with Crippen LogP contribution < -0.4 is 0 Å². The number of nitrogens with one attached hydrogen (secondary N) is 1. The molecule has 2 aromatic rings. The molecule has 0 radical (unpaired) electrons. The van der Waals surface area contributed by atoms with Gasteiger partial charge in [-0.15, -0.1) is 0 Å². The van der Waals surface area contributed by atoms with E-state index in [9.17, 15) is 4.79 Å². The van der Waals surface area contributed by atoms with Crippen molar-refractivity contribution in [1.82, 2.24) is 10.2 Å². The van der Waals surface area contributed by atoms with Crippen LogP contribution in [-0.2, 0) is 6.42 Å². The van der Waals surface area contributed by atoms with Gasteiger partial charge in [-0.3, -0.25) is 9.89 Å². The zero-order valence-corrected chi connectivity index (χ0v) is 12.2. The van der Waals surface area contributed by atoms with Gasteiger partial charge < -0.3 is 0 Å². The molecule has 0 aliphatic heterocycles. The molecule has 3 heteroatoms. The zero-order valence-electron chi connectivity index (χ0n) is 12.2. The largest absolute Gasteiger partial charge is 0.294 e. The standard InChI is InChI=1S/C17H20N2O/c1-10(2)12-4-6-13(7-5-12)14-8-15-17(16(20)9-14)11(3)18-19-15/h4-7,10,14H,8-9H2,1-3H3,(H,18,19)/t14-/m0/s1. The van der Waals surface area contributed by atoms with Crippen LogP contribution in [0.25, 0.3) is 0 Å². The number of rotatable bonds is 2. The highest BCUT2D eigenvalue weighted by Crippen LogP contribution is 2.33. The zero-order chi connectivity index (χ0) is 14.3. The lowest BCUT2D eigenvalue weighted by atomic mass is 9.81. The fourth-order valence-corrected chi connectivity index (χ4v) is 3.02. The maximum Gasteiger partial charge on any atom is 0.167 e. The molecule has 3 rings (SSSR count). The van der Waals surface area contributed by atoms with E-state index in [0.717, 1.165) is 23.4 Å². The average Bonchev–Trinajstić information content (AvgIpc) is 2.81. The second-order valence-electron chi connectivity index (χ2n) is 6.02. The van der Waals surface area contributed by atoms with Gasteiger partial charge in [-0.05, 0) is 36.3 Å². The fraction of sp³-hybridized carbons (Fsp3) is 0.412. The summed E-state index contributed by atoms with van der Waals surface area (Å²) in [6.07, 6.45) is 1.45. The Morgan fingerprint density at radius 2 is 1.90 bits per heavy atom. The molecule has 0 amide bonds. The highest BCUT2D eigenvalue weighted by atomic mass is 16.1. The molecule has 0 saturated heterocycles.